The lowest BCUT2D eigenvalue weighted by atomic mass is 9.83. The SMILES string of the molecule is COc1cc(NC(=S)/N=C(/Nc2nc(C)cc(C)n2)N2CCC(C(N)=O)(N3CCCCC3)CC2)cc(OC)c1. The van der Waals surface area contributed by atoms with E-state index in [9.17, 15) is 4.79 Å². The number of benzene rings is 1. The number of amides is 1. The highest BCUT2D eigenvalue weighted by molar-refractivity contribution is 7.80. The minimum atomic E-state index is -0.644. The molecular weight excluding hydrogens is 516 g/mol. The Balaban J connectivity index is 1.58. The van der Waals surface area contributed by atoms with Gasteiger partial charge in [-0.05, 0) is 70.9 Å². The lowest BCUT2D eigenvalue weighted by Gasteiger charge is -2.48. The molecule has 0 atom stereocenters. The molecule has 1 aromatic carbocycles. The highest BCUT2D eigenvalue weighted by Gasteiger charge is 2.45. The Morgan fingerprint density at radius 2 is 1.54 bits per heavy atom. The molecule has 4 rings (SSSR count). The monoisotopic (exact) mass is 554 g/mol. The van der Waals surface area contributed by atoms with Crippen molar-refractivity contribution >= 4 is 40.8 Å². The van der Waals surface area contributed by atoms with Crippen molar-refractivity contribution in [2.75, 3.05) is 51.0 Å². The van der Waals surface area contributed by atoms with Crippen LogP contribution in [0, 0.1) is 13.8 Å². The number of aryl methyl sites for hydroxylation is 2. The molecule has 0 aliphatic carbocycles. The van der Waals surface area contributed by atoms with Gasteiger partial charge >= 0.3 is 0 Å². The van der Waals surface area contributed by atoms with Crippen LogP contribution in [0.4, 0.5) is 11.6 Å². The zero-order valence-electron chi connectivity index (χ0n) is 23.1. The van der Waals surface area contributed by atoms with Gasteiger partial charge in [0.2, 0.25) is 22.9 Å². The summed E-state index contributed by atoms with van der Waals surface area (Å²) in [4.78, 5) is 30.9. The summed E-state index contributed by atoms with van der Waals surface area (Å²) in [5, 5.41) is 6.66. The average Bonchev–Trinajstić information content (AvgIpc) is 2.92. The molecule has 11 nitrogen and oxygen atoms in total. The number of methoxy groups -OCH3 is 2. The summed E-state index contributed by atoms with van der Waals surface area (Å²) in [6.07, 6.45) is 4.57. The zero-order valence-corrected chi connectivity index (χ0v) is 23.9. The number of hydrogen-bond donors (Lipinski definition) is 3. The van der Waals surface area contributed by atoms with E-state index in [1.54, 1.807) is 20.3 Å². The van der Waals surface area contributed by atoms with Crippen molar-refractivity contribution in [2.45, 2.75) is 51.5 Å². The molecule has 2 aliphatic heterocycles. The third kappa shape index (κ3) is 6.93. The summed E-state index contributed by atoms with van der Waals surface area (Å²) in [5.74, 6) is 1.94. The molecule has 0 unspecified atom stereocenters. The quantitative estimate of drug-likeness (QED) is 0.278. The Bertz CT molecular complexity index is 1180. The first-order chi connectivity index (χ1) is 18.7. The summed E-state index contributed by atoms with van der Waals surface area (Å²) >= 11 is 5.63. The van der Waals surface area contributed by atoms with Crippen molar-refractivity contribution in [1.82, 2.24) is 19.8 Å². The molecule has 2 aromatic rings. The van der Waals surface area contributed by atoms with Crippen LogP contribution in [-0.2, 0) is 4.79 Å². The number of nitrogens with zero attached hydrogens (tertiary/aromatic N) is 5. The van der Waals surface area contributed by atoms with Crippen LogP contribution in [0.3, 0.4) is 0 Å². The van der Waals surface area contributed by atoms with E-state index in [2.05, 4.69) is 30.4 Å². The molecule has 1 aromatic heterocycles. The number of primary amides is 1. The fourth-order valence-electron chi connectivity index (χ4n) is 5.32. The number of nitrogens with one attached hydrogen (secondary N) is 2. The van der Waals surface area contributed by atoms with Crippen molar-refractivity contribution in [3.63, 3.8) is 0 Å². The van der Waals surface area contributed by atoms with Gasteiger partial charge in [-0.15, -0.1) is 0 Å². The number of rotatable bonds is 6. The number of aromatic nitrogens is 2. The second-order valence-corrected chi connectivity index (χ2v) is 10.4. The first-order valence-electron chi connectivity index (χ1n) is 13.2. The maximum absolute atomic E-state index is 12.7. The van der Waals surface area contributed by atoms with E-state index in [4.69, 9.17) is 32.4 Å². The molecule has 2 fully saturated rings. The van der Waals surface area contributed by atoms with Crippen LogP contribution in [0.25, 0.3) is 0 Å². The Morgan fingerprint density at radius 3 is 2.08 bits per heavy atom. The van der Waals surface area contributed by atoms with Gasteiger partial charge in [-0.1, -0.05) is 6.42 Å². The number of piperidine rings is 2. The number of carbonyl (C=O) groups is 1. The molecule has 0 radical (unpaired) electrons. The number of hydrogen-bond acceptors (Lipinski definition) is 7. The Hall–Kier alpha value is -3.51. The Labute approximate surface area is 235 Å². The van der Waals surface area contributed by atoms with Gasteiger partial charge in [0.25, 0.3) is 0 Å². The van der Waals surface area contributed by atoms with Gasteiger partial charge in [-0.2, -0.15) is 4.99 Å². The highest BCUT2D eigenvalue weighted by Crippen LogP contribution is 2.32. The number of carbonyl (C=O) groups excluding carboxylic acids is 1. The number of thiocarbonyl (C=S) groups is 1. The van der Waals surface area contributed by atoms with Crippen molar-refractivity contribution in [3.05, 3.63) is 35.7 Å². The van der Waals surface area contributed by atoms with Gasteiger partial charge in [-0.3, -0.25) is 15.0 Å². The Kier molecular flexibility index (Phi) is 9.18. The fraction of sp³-hybridized carbons (Fsp3) is 0.519. The third-order valence-corrected chi connectivity index (χ3v) is 7.52. The fourth-order valence-corrected chi connectivity index (χ4v) is 5.52. The third-order valence-electron chi connectivity index (χ3n) is 7.33. The number of likely N-dealkylation sites (tertiary alicyclic amines) is 2. The number of aliphatic imine (C=N–C) groups is 1. The van der Waals surface area contributed by atoms with E-state index < -0.39 is 5.54 Å². The number of nitrogens with two attached hydrogens (primary N) is 1. The molecule has 0 saturated carbocycles. The summed E-state index contributed by atoms with van der Waals surface area (Å²) < 4.78 is 10.7. The number of anilines is 2. The van der Waals surface area contributed by atoms with Crippen molar-refractivity contribution in [1.29, 1.82) is 0 Å². The van der Waals surface area contributed by atoms with Crippen LogP contribution in [0.1, 0.15) is 43.5 Å². The topological polar surface area (TPSA) is 130 Å². The average molecular weight is 555 g/mol. The van der Waals surface area contributed by atoms with Crippen LogP contribution in [0.2, 0.25) is 0 Å². The van der Waals surface area contributed by atoms with Crippen molar-refractivity contribution in [3.8, 4) is 11.5 Å². The Morgan fingerprint density at radius 1 is 0.949 bits per heavy atom. The standard InChI is InChI=1S/C27H38N8O3S/c1-18-14-19(2)30-24(29-18)32-25(33-26(39)31-20-15-21(37-3)17-22(16-20)38-4)34-12-8-27(9-13-34,23(28)36)35-10-6-5-7-11-35/h14-17H,5-13H2,1-4H3,(H2,28,36)(H2,29,30,31,32,33,39). The van der Waals surface area contributed by atoms with Gasteiger partial charge in [0.15, 0.2) is 0 Å². The minimum Gasteiger partial charge on any atom is -0.497 e. The highest BCUT2D eigenvalue weighted by atomic mass is 32.1. The molecule has 210 valence electrons. The molecule has 0 spiro atoms. The molecule has 2 aliphatic rings. The van der Waals surface area contributed by atoms with Crippen LogP contribution in [0.15, 0.2) is 29.3 Å². The number of ether oxygens (including phenoxy) is 2. The van der Waals surface area contributed by atoms with E-state index in [0.29, 0.717) is 55.0 Å². The summed E-state index contributed by atoms with van der Waals surface area (Å²) in [6.45, 7) is 6.78. The predicted molar refractivity (Wildman–Crippen MR) is 156 cm³/mol. The lowest BCUT2D eigenvalue weighted by Crippen LogP contribution is -2.64. The lowest BCUT2D eigenvalue weighted by molar-refractivity contribution is -0.134. The summed E-state index contributed by atoms with van der Waals surface area (Å²) in [7, 11) is 3.18. The van der Waals surface area contributed by atoms with E-state index in [0.717, 1.165) is 37.3 Å². The first-order valence-corrected chi connectivity index (χ1v) is 13.7. The first kappa shape index (κ1) is 28.5. The van der Waals surface area contributed by atoms with Gasteiger partial charge in [0.05, 0.1) is 14.2 Å². The summed E-state index contributed by atoms with van der Waals surface area (Å²) in [5.41, 5.74) is 7.72. The molecule has 1 amide bonds. The van der Waals surface area contributed by atoms with E-state index in [1.807, 2.05) is 32.0 Å². The summed E-state index contributed by atoms with van der Waals surface area (Å²) in [6, 6.07) is 7.31. The smallest absolute Gasteiger partial charge is 0.238 e. The molecule has 12 heteroatoms. The normalized spacial score (nSPS) is 17.8. The van der Waals surface area contributed by atoms with Crippen LogP contribution >= 0.6 is 12.2 Å². The molecule has 2 saturated heterocycles. The molecule has 39 heavy (non-hydrogen) atoms. The van der Waals surface area contributed by atoms with E-state index >= 15 is 0 Å². The van der Waals surface area contributed by atoms with Gasteiger partial charge in [-0.25, -0.2) is 9.97 Å². The largest absolute Gasteiger partial charge is 0.497 e. The van der Waals surface area contributed by atoms with Gasteiger partial charge in [0, 0.05) is 48.4 Å². The maximum Gasteiger partial charge on any atom is 0.238 e. The van der Waals surface area contributed by atoms with Crippen molar-refractivity contribution in [2.24, 2.45) is 10.7 Å². The number of guanidine groups is 1. The molecule has 4 N–H and O–H groups in total. The zero-order chi connectivity index (χ0) is 28.0. The molecule has 0 bridgehead atoms. The van der Waals surface area contributed by atoms with Gasteiger partial charge in [0.1, 0.15) is 17.0 Å². The second kappa shape index (κ2) is 12.6. The van der Waals surface area contributed by atoms with Crippen LogP contribution in [0.5, 0.6) is 11.5 Å². The molecular formula is C27H38N8O3S. The van der Waals surface area contributed by atoms with E-state index in [-0.39, 0.29) is 11.0 Å². The van der Waals surface area contributed by atoms with E-state index in [1.165, 1.54) is 6.42 Å². The van der Waals surface area contributed by atoms with Crippen LogP contribution < -0.4 is 25.8 Å². The van der Waals surface area contributed by atoms with Crippen LogP contribution in [-0.4, -0.2) is 82.7 Å². The second-order valence-electron chi connectivity index (χ2n) is 10.00. The van der Waals surface area contributed by atoms with Crippen molar-refractivity contribution < 1.29 is 14.3 Å². The maximum atomic E-state index is 12.7. The molecule has 3 heterocycles. The predicted octanol–water partition coefficient (Wildman–Crippen LogP) is 3.08. The minimum absolute atomic E-state index is 0.236. The van der Waals surface area contributed by atoms with Gasteiger partial charge < -0.3 is 25.4 Å².